The first kappa shape index (κ1) is 13.6. The summed E-state index contributed by atoms with van der Waals surface area (Å²) in [6.45, 7) is 6.27. The van der Waals surface area contributed by atoms with Gasteiger partial charge in [0.25, 0.3) is 0 Å². The standard InChI is InChI=1S/C11H21NO3S/c1-11(2,10(13)14)16(15)9-5-8-12-6-3-4-7-12/h3-9H2,1-2H3,(H,13,14). The molecule has 5 heteroatoms. The molecule has 0 amide bonds. The Kier molecular flexibility index (Phi) is 4.92. The van der Waals surface area contributed by atoms with E-state index in [1.54, 1.807) is 0 Å². The van der Waals surface area contributed by atoms with Gasteiger partial charge >= 0.3 is 5.97 Å². The van der Waals surface area contributed by atoms with Gasteiger partial charge in [0.1, 0.15) is 4.75 Å². The highest BCUT2D eigenvalue weighted by Gasteiger charge is 2.33. The average Bonchev–Trinajstić information content (AvgIpc) is 2.70. The van der Waals surface area contributed by atoms with E-state index in [4.69, 9.17) is 5.11 Å². The Bertz CT molecular complexity index is 272. The molecule has 0 radical (unpaired) electrons. The van der Waals surface area contributed by atoms with Crippen molar-refractivity contribution in [3.63, 3.8) is 0 Å². The lowest BCUT2D eigenvalue weighted by molar-refractivity contribution is -0.139. The van der Waals surface area contributed by atoms with E-state index in [1.165, 1.54) is 26.7 Å². The number of carboxylic acid groups (broad SMARTS) is 1. The van der Waals surface area contributed by atoms with Gasteiger partial charge < -0.3 is 10.0 Å². The van der Waals surface area contributed by atoms with Crippen LogP contribution in [-0.2, 0) is 15.6 Å². The molecule has 0 aromatic rings. The van der Waals surface area contributed by atoms with Gasteiger partial charge in [0.2, 0.25) is 0 Å². The Morgan fingerprint density at radius 3 is 2.44 bits per heavy atom. The van der Waals surface area contributed by atoms with Gasteiger partial charge in [-0.05, 0) is 52.7 Å². The first-order chi connectivity index (χ1) is 7.44. The fraction of sp³-hybridized carbons (Fsp3) is 0.909. The zero-order valence-corrected chi connectivity index (χ0v) is 10.9. The van der Waals surface area contributed by atoms with Crippen molar-refractivity contribution < 1.29 is 14.1 Å². The summed E-state index contributed by atoms with van der Waals surface area (Å²) >= 11 is 0. The van der Waals surface area contributed by atoms with Crippen LogP contribution in [0.4, 0.5) is 0 Å². The minimum absolute atomic E-state index is 0.482. The lowest BCUT2D eigenvalue weighted by atomic mass is 10.2. The van der Waals surface area contributed by atoms with Crippen molar-refractivity contribution in [3.8, 4) is 0 Å². The maximum atomic E-state index is 11.8. The lowest BCUT2D eigenvalue weighted by Gasteiger charge is -2.19. The molecule has 1 rings (SSSR count). The minimum Gasteiger partial charge on any atom is -0.480 e. The van der Waals surface area contributed by atoms with Gasteiger partial charge in [0.15, 0.2) is 0 Å². The fourth-order valence-electron chi connectivity index (χ4n) is 1.78. The summed E-state index contributed by atoms with van der Waals surface area (Å²) in [5, 5.41) is 8.92. The third-order valence-electron chi connectivity index (χ3n) is 3.09. The van der Waals surface area contributed by atoms with Crippen LogP contribution in [-0.4, -0.2) is 50.3 Å². The Morgan fingerprint density at radius 1 is 1.38 bits per heavy atom. The molecule has 1 N–H and O–H groups in total. The molecular weight excluding hydrogens is 226 g/mol. The van der Waals surface area contributed by atoms with E-state index in [9.17, 15) is 9.00 Å². The van der Waals surface area contributed by atoms with Crippen LogP contribution in [0.2, 0.25) is 0 Å². The number of rotatable bonds is 6. The van der Waals surface area contributed by atoms with E-state index in [0.29, 0.717) is 5.75 Å². The van der Waals surface area contributed by atoms with Gasteiger partial charge in [-0.1, -0.05) is 0 Å². The highest BCUT2D eigenvalue weighted by Crippen LogP contribution is 2.15. The first-order valence-corrected chi connectivity index (χ1v) is 7.10. The monoisotopic (exact) mass is 247 g/mol. The first-order valence-electron chi connectivity index (χ1n) is 5.79. The summed E-state index contributed by atoms with van der Waals surface area (Å²) in [6, 6.07) is 0. The molecule has 1 aliphatic rings. The number of nitrogens with zero attached hydrogens (tertiary/aromatic N) is 1. The molecule has 16 heavy (non-hydrogen) atoms. The summed E-state index contributed by atoms with van der Waals surface area (Å²) in [7, 11) is -1.29. The van der Waals surface area contributed by atoms with Crippen molar-refractivity contribution in [2.45, 2.75) is 37.9 Å². The summed E-state index contributed by atoms with van der Waals surface area (Å²) in [4.78, 5) is 13.2. The van der Waals surface area contributed by atoms with Gasteiger partial charge in [-0.25, -0.2) is 0 Å². The van der Waals surface area contributed by atoms with Crippen molar-refractivity contribution in [2.24, 2.45) is 0 Å². The molecule has 0 bridgehead atoms. The third kappa shape index (κ3) is 3.56. The van der Waals surface area contributed by atoms with Crippen LogP contribution < -0.4 is 0 Å². The number of hydrogen-bond acceptors (Lipinski definition) is 3. The fourth-order valence-corrected chi connectivity index (χ4v) is 2.87. The van der Waals surface area contributed by atoms with E-state index < -0.39 is 21.5 Å². The Labute approximate surface area is 99.5 Å². The van der Waals surface area contributed by atoms with Crippen LogP contribution in [0.5, 0.6) is 0 Å². The lowest BCUT2D eigenvalue weighted by Crippen LogP contribution is -2.38. The second-order valence-electron chi connectivity index (χ2n) is 4.77. The smallest absolute Gasteiger partial charge is 0.321 e. The summed E-state index contributed by atoms with van der Waals surface area (Å²) in [5.41, 5.74) is 0. The predicted octanol–water partition coefficient (Wildman–Crippen LogP) is 1.08. The second-order valence-corrected chi connectivity index (χ2v) is 6.89. The molecule has 0 aromatic heterocycles. The van der Waals surface area contributed by atoms with E-state index in [2.05, 4.69) is 4.90 Å². The van der Waals surface area contributed by atoms with E-state index in [0.717, 1.165) is 26.1 Å². The van der Waals surface area contributed by atoms with Crippen molar-refractivity contribution in [2.75, 3.05) is 25.4 Å². The van der Waals surface area contributed by atoms with Crippen LogP contribution in [0.25, 0.3) is 0 Å². The van der Waals surface area contributed by atoms with Crippen LogP contribution >= 0.6 is 0 Å². The summed E-state index contributed by atoms with van der Waals surface area (Å²) in [5.74, 6) is -0.498. The molecule has 0 aliphatic carbocycles. The predicted molar refractivity (Wildman–Crippen MR) is 65.0 cm³/mol. The summed E-state index contributed by atoms with van der Waals surface area (Å²) < 4.78 is 10.7. The molecule has 1 aliphatic heterocycles. The van der Waals surface area contributed by atoms with Crippen molar-refractivity contribution in [3.05, 3.63) is 0 Å². The molecule has 0 saturated carbocycles. The van der Waals surface area contributed by atoms with Gasteiger partial charge in [0, 0.05) is 16.6 Å². The molecule has 1 atom stereocenters. The Hall–Kier alpha value is -0.420. The average molecular weight is 247 g/mol. The molecule has 94 valence electrons. The number of aliphatic carboxylic acids is 1. The van der Waals surface area contributed by atoms with Crippen LogP contribution in [0.3, 0.4) is 0 Å². The zero-order chi connectivity index (χ0) is 12.2. The van der Waals surface area contributed by atoms with E-state index in [1.807, 2.05) is 0 Å². The highest BCUT2D eigenvalue weighted by atomic mass is 32.2. The van der Waals surface area contributed by atoms with Crippen LogP contribution in [0.15, 0.2) is 0 Å². The van der Waals surface area contributed by atoms with Crippen molar-refractivity contribution in [1.82, 2.24) is 4.90 Å². The number of carboxylic acids is 1. The van der Waals surface area contributed by atoms with E-state index in [-0.39, 0.29) is 0 Å². The van der Waals surface area contributed by atoms with Gasteiger partial charge in [0.05, 0.1) is 0 Å². The quantitative estimate of drug-likeness (QED) is 0.763. The molecule has 4 nitrogen and oxygen atoms in total. The Balaban J connectivity index is 2.26. The van der Waals surface area contributed by atoms with Gasteiger partial charge in [-0.2, -0.15) is 0 Å². The molecule has 1 heterocycles. The molecule has 1 unspecified atom stereocenters. The largest absolute Gasteiger partial charge is 0.480 e. The number of hydrogen-bond donors (Lipinski definition) is 1. The molecule has 0 aromatic carbocycles. The van der Waals surface area contributed by atoms with Crippen LogP contribution in [0, 0.1) is 0 Å². The van der Waals surface area contributed by atoms with Gasteiger partial charge in [-0.15, -0.1) is 0 Å². The maximum absolute atomic E-state index is 11.8. The molecular formula is C11H21NO3S. The van der Waals surface area contributed by atoms with Crippen molar-refractivity contribution in [1.29, 1.82) is 0 Å². The molecule has 0 spiro atoms. The maximum Gasteiger partial charge on any atom is 0.321 e. The topological polar surface area (TPSA) is 57.6 Å². The second kappa shape index (κ2) is 5.77. The minimum atomic E-state index is -1.29. The SMILES string of the molecule is CC(C)(C(=O)O)S(=O)CCCN1CCCC1. The zero-order valence-electron chi connectivity index (χ0n) is 10.1. The molecule has 1 saturated heterocycles. The summed E-state index contributed by atoms with van der Waals surface area (Å²) in [6.07, 6.45) is 3.33. The highest BCUT2D eigenvalue weighted by molar-refractivity contribution is 7.87. The van der Waals surface area contributed by atoms with E-state index >= 15 is 0 Å². The number of likely N-dealkylation sites (tertiary alicyclic amines) is 1. The molecule has 1 fully saturated rings. The third-order valence-corrected chi connectivity index (χ3v) is 5.06. The normalized spacial score (nSPS) is 19.9. The van der Waals surface area contributed by atoms with Crippen LogP contribution in [0.1, 0.15) is 33.1 Å². The van der Waals surface area contributed by atoms with Gasteiger partial charge in [-0.3, -0.25) is 9.00 Å². The number of carbonyl (C=O) groups is 1. The Morgan fingerprint density at radius 2 is 1.94 bits per heavy atom. The van der Waals surface area contributed by atoms with Crippen molar-refractivity contribution >= 4 is 16.8 Å².